The second-order valence-electron chi connectivity index (χ2n) is 7.41. The number of hydrazone groups is 1. The Morgan fingerprint density at radius 3 is 1.88 bits per heavy atom. The molecule has 3 nitrogen and oxygen atoms in total. The lowest BCUT2D eigenvalue weighted by Crippen LogP contribution is -2.19. The second kappa shape index (κ2) is 15.7. The Balaban J connectivity index is 2.20. The van der Waals surface area contributed by atoms with Crippen LogP contribution in [-0.2, 0) is 4.79 Å². The van der Waals surface area contributed by atoms with Crippen LogP contribution in [0.3, 0.4) is 0 Å². The summed E-state index contributed by atoms with van der Waals surface area (Å²) in [4.78, 5) is 11.9. The third-order valence-corrected chi connectivity index (χ3v) is 5.03. The van der Waals surface area contributed by atoms with Crippen LogP contribution in [0.5, 0.6) is 0 Å². The van der Waals surface area contributed by atoms with Gasteiger partial charge in [-0.05, 0) is 32.1 Å². The number of nitrogens with zero attached hydrogens (tertiary/aromatic N) is 1. The first-order valence-electron chi connectivity index (χ1n) is 10.7. The van der Waals surface area contributed by atoms with Crippen molar-refractivity contribution in [2.45, 2.75) is 122 Å². The summed E-state index contributed by atoms with van der Waals surface area (Å²) in [5.41, 5.74) is 4.03. The van der Waals surface area contributed by atoms with E-state index in [0.29, 0.717) is 6.42 Å². The molecule has 0 aromatic heterocycles. The quantitative estimate of drug-likeness (QED) is 0.398. The van der Waals surface area contributed by atoms with Gasteiger partial charge in [-0.3, -0.25) is 4.79 Å². The van der Waals surface area contributed by atoms with Crippen LogP contribution in [0, 0.1) is 0 Å². The first kappa shape index (κ1) is 21.2. The van der Waals surface area contributed by atoms with Gasteiger partial charge in [0.1, 0.15) is 0 Å². The highest BCUT2D eigenvalue weighted by Crippen LogP contribution is 2.15. The van der Waals surface area contributed by atoms with Crippen molar-refractivity contribution in [3.05, 3.63) is 0 Å². The van der Waals surface area contributed by atoms with Gasteiger partial charge in [0.15, 0.2) is 0 Å². The Labute approximate surface area is 150 Å². The predicted molar refractivity (Wildman–Crippen MR) is 104 cm³/mol. The molecular weight excluding hydrogens is 296 g/mol. The van der Waals surface area contributed by atoms with Crippen molar-refractivity contribution in [3.63, 3.8) is 0 Å². The molecule has 0 heterocycles. The van der Waals surface area contributed by atoms with Gasteiger partial charge in [-0.15, -0.1) is 0 Å². The molecule has 1 amide bonds. The first-order valence-corrected chi connectivity index (χ1v) is 10.7. The minimum atomic E-state index is 0.101. The van der Waals surface area contributed by atoms with Crippen molar-refractivity contribution in [3.8, 4) is 0 Å². The molecule has 0 radical (unpaired) electrons. The molecule has 0 aromatic carbocycles. The van der Waals surface area contributed by atoms with Gasteiger partial charge in [-0.1, -0.05) is 84.0 Å². The lowest BCUT2D eigenvalue weighted by atomic mass is 10.00. The van der Waals surface area contributed by atoms with E-state index in [1.165, 1.54) is 95.6 Å². The van der Waals surface area contributed by atoms with Crippen LogP contribution in [0.1, 0.15) is 122 Å². The molecule has 24 heavy (non-hydrogen) atoms. The normalized spacial score (nSPS) is 17.6. The van der Waals surface area contributed by atoms with Crippen molar-refractivity contribution in [1.82, 2.24) is 5.43 Å². The van der Waals surface area contributed by atoms with Crippen LogP contribution in [-0.4, -0.2) is 11.6 Å². The van der Waals surface area contributed by atoms with Crippen LogP contribution < -0.4 is 5.43 Å². The zero-order valence-corrected chi connectivity index (χ0v) is 16.1. The fraction of sp³-hybridized carbons (Fsp3) is 0.905. The molecule has 140 valence electrons. The molecule has 0 spiro atoms. The van der Waals surface area contributed by atoms with Gasteiger partial charge < -0.3 is 0 Å². The van der Waals surface area contributed by atoms with Gasteiger partial charge in [0, 0.05) is 12.1 Å². The van der Waals surface area contributed by atoms with Gasteiger partial charge in [0.2, 0.25) is 5.91 Å². The number of hydrogen-bond acceptors (Lipinski definition) is 2. The highest BCUT2D eigenvalue weighted by molar-refractivity contribution is 5.86. The minimum absolute atomic E-state index is 0.101. The zero-order chi connectivity index (χ0) is 17.3. The first-order chi connectivity index (χ1) is 11.8. The van der Waals surface area contributed by atoms with Gasteiger partial charge in [0.25, 0.3) is 0 Å². The van der Waals surface area contributed by atoms with Crippen molar-refractivity contribution in [1.29, 1.82) is 0 Å². The summed E-state index contributed by atoms with van der Waals surface area (Å²) in [6, 6.07) is 0. The van der Waals surface area contributed by atoms with E-state index in [-0.39, 0.29) is 5.91 Å². The molecule has 0 unspecified atom stereocenters. The Bertz CT molecular complexity index is 325. The maximum atomic E-state index is 11.9. The number of hydrogen-bond donors (Lipinski definition) is 1. The summed E-state index contributed by atoms with van der Waals surface area (Å²) in [6.07, 6.45) is 22.1. The van der Waals surface area contributed by atoms with E-state index in [4.69, 9.17) is 0 Å². The maximum absolute atomic E-state index is 11.9. The zero-order valence-electron chi connectivity index (χ0n) is 16.1. The lowest BCUT2D eigenvalue weighted by Gasteiger charge is -2.09. The molecule has 1 aliphatic carbocycles. The Morgan fingerprint density at radius 1 is 0.792 bits per heavy atom. The number of unbranched alkanes of at least 4 members (excludes halogenated alkanes) is 5. The third kappa shape index (κ3) is 12.5. The van der Waals surface area contributed by atoms with Crippen LogP contribution in [0.15, 0.2) is 5.10 Å². The molecular formula is C21H40N2O. The molecule has 3 heteroatoms. The average Bonchev–Trinajstić information content (AvgIpc) is 2.57. The maximum Gasteiger partial charge on any atom is 0.240 e. The van der Waals surface area contributed by atoms with E-state index in [1.807, 2.05) is 0 Å². The summed E-state index contributed by atoms with van der Waals surface area (Å²) < 4.78 is 0. The van der Waals surface area contributed by atoms with Crippen LogP contribution in [0.25, 0.3) is 0 Å². The molecule has 1 fully saturated rings. The fourth-order valence-electron chi connectivity index (χ4n) is 3.40. The Morgan fingerprint density at radius 2 is 1.29 bits per heavy atom. The highest BCUT2D eigenvalue weighted by atomic mass is 16.2. The second-order valence-corrected chi connectivity index (χ2v) is 7.41. The molecule has 1 saturated carbocycles. The Hall–Kier alpha value is -0.860. The van der Waals surface area contributed by atoms with Crippen LogP contribution in [0.4, 0.5) is 0 Å². The van der Waals surface area contributed by atoms with Gasteiger partial charge >= 0.3 is 0 Å². The molecule has 0 aromatic rings. The number of nitrogens with one attached hydrogen (secondary N) is 1. The monoisotopic (exact) mass is 336 g/mol. The van der Waals surface area contributed by atoms with E-state index < -0.39 is 0 Å². The standard InChI is InChI=1S/C21H40N2O/c1-2-3-4-5-13-16-19-21(24)23-22-20-17-14-11-9-7-6-8-10-12-15-18-20/h2-19H2,1H3,(H,23,24). The number of carbonyl (C=O) groups is 1. The summed E-state index contributed by atoms with van der Waals surface area (Å²) in [7, 11) is 0. The molecule has 0 atom stereocenters. The number of carbonyl (C=O) groups excluding carboxylic acids is 1. The smallest absolute Gasteiger partial charge is 0.240 e. The van der Waals surface area contributed by atoms with Crippen LogP contribution >= 0.6 is 0 Å². The summed E-state index contributed by atoms with van der Waals surface area (Å²) in [5, 5.41) is 4.46. The summed E-state index contributed by atoms with van der Waals surface area (Å²) in [6.45, 7) is 2.23. The molecule has 0 saturated heterocycles. The van der Waals surface area contributed by atoms with E-state index in [1.54, 1.807) is 0 Å². The molecule has 1 aliphatic rings. The van der Waals surface area contributed by atoms with Crippen molar-refractivity contribution >= 4 is 11.6 Å². The predicted octanol–water partition coefficient (Wildman–Crippen LogP) is 6.51. The SMILES string of the molecule is CCCCCCCCC(=O)NN=C1CCCCCCCCCCC1. The van der Waals surface area contributed by atoms with Crippen LogP contribution in [0.2, 0.25) is 0 Å². The van der Waals surface area contributed by atoms with Gasteiger partial charge in [-0.2, -0.15) is 5.10 Å². The molecule has 0 aliphatic heterocycles. The topological polar surface area (TPSA) is 41.5 Å². The third-order valence-electron chi connectivity index (χ3n) is 5.03. The van der Waals surface area contributed by atoms with E-state index in [2.05, 4.69) is 17.5 Å². The summed E-state index contributed by atoms with van der Waals surface area (Å²) >= 11 is 0. The fourth-order valence-corrected chi connectivity index (χ4v) is 3.40. The van der Waals surface area contributed by atoms with Gasteiger partial charge in [-0.25, -0.2) is 5.43 Å². The summed E-state index contributed by atoms with van der Waals surface area (Å²) in [5.74, 6) is 0.101. The van der Waals surface area contributed by atoms with E-state index in [9.17, 15) is 4.79 Å². The average molecular weight is 337 g/mol. The molecule has 1 N–H and O–H groups in total. The van der Waals surface area contributed by atoms with E-state index >= 15 is 0 Å². The van der Waals surface area contributed by atoms with Gasteiger partial charge in [0.05, 0.1) is 0 Å². The molecule has 0 bridgehead atoms. The lowest BCUT2D eigenvalue weighted by molar-refractivity contribution is -0.121. The minimum Gasteiger partial charge on any atom is -0.273 e. The molecule has 1 rings (SSSR count). The van der Waals surface area contributed by atoms with Crippen molar-refractivity contribution in [2.24, 2.45) is 5.10 Å². The Kier molecular flexibility index (Phi) is 13.8. The van der Waals surface area contributed by atoms with E-state index in [0.717, 1.165) is 19.3 Å². The number of amides is 1. The van der Waals surface area contributed by atoms with Crippen molar-refractivity contribution < 1.29 is 4.79 Å². The number of rotatable bonds is 8. The highest BCUT2D eigenvalue weighted by Gasteiger charge is 2.05. The largest absolute Gasteiger partial charge is 0.273 e. The van der Waals surface area contributed by atoms with Crippen molar-refractivity contribution in [2.75, 3.05) is 0 Å².